The Balaban J connectivity index is 1.96. The number of hydrogen-bond acceptors (Lipinski definition) is 4. The van der Waals surface area contributed by atoms with Crippen LogP contribution < -0.4 is 5.73 Å². The fraction of sp³-hybridized carbons (Fsp3) is 0.0667. The van der Waals surface area contributed by atoms with Crippen LogP contribution >= 0.6 is 11.6 Å². The monoisotopic (exact) mass is 367 g/mol. The van der Waals surface area contributed by atoms with Crippen molar-refractivity contribution in [2.75, 3.05) is 0 Å². The van der Waals surface area contributed by atoms with Crippen molar-refractivity contribution < 1.29 is 18.0 Å². The van der Waals surface area contributed by atoms with Crippen molar-refractivity contribution in [1.82, 2.24) is 20.4 Å². The normalized spacial score (nSPS) is 11.5. The van der Waals surface area contributed by atoms with E-state index in [-0.39, 0.29) is 22.1 Å². The number of nitrogens with two attached hydrogens (primary N) is 1. The summed E-state index contributed by atoms with van der Waals surface area (Å²) < 4.78 is 38.0. The van der Waals surface area contributed by atoms with Gasteiger partial charge in [-0.15, -0.1) is 0 Å². The van der Waals surface area contributed by atoms with E-state index in [4.69, 9.17) is 17.3 Å². The smallest absolute Gasteiger partial charge is 0.364 e. The Morgan fingerprint density at radius 2 is 1.68 bits per heavy atom. The summed E-state index contributed by atoms with van der Waals surface area (Å²) in [6.07, 6.45) is -3.80. The van der Waals surface area contributed by atoms with Gasteiger partial charge in [-0.3, -0.25) is 9.78 Å². The Bertz CT molecular complexity index is 937. The van der Waals surface area contributed by atoms with Crippen molar-refractivity contribution in [1.29, 1.82) is 0 Å². The van der Waals surface area contributed by atoms with Gasteiger partial charge in [0.05, 0.1) is 16.3 Å². The van der Waals surface area contributed by atoms with Gasteiger partial charge in [-0.2, -0.15) is 28.6 Å². The van der Waals surface area contributed by atoms with Crippen LogP contribution in [0.3, 0.4) is 0 Å². The minimum absolute atomic E-state index is 0.0153. The van der Waals surface area contributed by atoms with Crippen molar-refractivity contribution in [2.45, 2.75) is 6.18 Å². The number of aromatic amines is 1. The summed E-state index contributed by atoms with van der Waals surface area (Å²) in [5.74, 6) is -0.736. The zero-order valence-electron chi connectivity index (χ0n) is 12.3. The standard InChI is InChI=1S/C15H9ClF3N5O/c16-10-5-9(15(17,18)19)6-21-11(10)7-1-3-8(4-2-7)12-13(14(20)25)23-24-22-12/h1-6H,(H2,20,25)(H,22,23,24). The van der Waals surface area contributed by atoms with Gasteiger partial charge >= 0.3 is 6.18 Å². The first-order valence-corrected chi connectivity index (χ1v) is 7.19. The molecule has 0 fully saturated rings. The molecule has 128 valence electrons. The number of pyridine rings is 1. The lowest BCUT2D eigenvalue weighted by Gasteiger charge is -2.09. The van der Waals surface area contributed by atoms with E-state index in [9.17, 15) is 18.0 Å². The van der Waals surface area contributed by atoms with Crippen LogP contribution in [0.5, 0.6) is 0 Å². The van der Waals surface area contributed by atoms with Gasteiger partial charge in [-0.25, -0.2) is 0 Å². The zero-order valence-corrected chi connectivity index (χ0v) is 13.1. The first kappa shape index (κ1) is 16.9. The van der Waals surface area contributed by atoms with Crippen LogP contribution in [-0.4, -0.2) is 26.3 Å². The second-order valence-corrected chi connectivity index (χ2v) is 5.42. The number of hydrogen-bond donors (Lipinski definition) is 2. The summed E-state index contributed by atoms with van der Waals surface area (Å²) in [5.41, 5.74) is 5.80. The molecule has 0 aliphatic rings. The van der Waals surface area contributed by atoms with Crippen LogP contribution in [0.4, 0.5) is 13.2 Å². The number of aromatic nitrogens is 4. The summed E-state index contributed by atoms with van der Waals surface area (Å²) in [7, 11) is 0. The van der Waals surface area contributed by atoms with Crippen molar-refractivity contribution in [3.8, 4) is 22.5 Å². The highest BCUT2D eigenvalue weighted by Crippen LogP contribution is 2.34. The predicted molar refractivity (Wildman–Crippen MR) is 83.6 cm³/mol. The van der Waals surface area contributed by atoms with Crippen LogP contribution in [0, 0.1) is 0 Å². The van der Waals surface area contributed by atoms with Crippen molar-refractivity contribution in [3.63, 3.8) is 0 Å². The fourth-order valence-electron chi connectivity index (χ4n) is 2.20. The topological polar surface area (TPSA) is 97.6 Å². The molecule has 1 aromatic carbocycles. The molecule has 0 atom stereocenters. The van der Waals surface area contributed by atoms with E-state index in [0.29, 0.717) is 11.1 Å². The molecule has 3 aromatic rings. The number of benzene rings is 1. The number of halogens is 4. The quantitative estimate of drug-likeness (QED) is 0.742. The number of nitrogens with one attached hydrogen (secondary N) is 1. The van der Waals surface area contributed by atoms with Crippen LogP contribution in [0.15, 0.2) is 36.5 Å². The number of H-pyrrole nitrogens is 1. The highest BCUT2D eigenvalue weighted by Gasteiger charge is 2.31. The Kier molecular flexibility index (Phi) is 4.17. The third-order valence-corrected chi connectivity index (χ3v) is 3.67. The van der Waals surface area contributed by atoms with E-state index in [1.807, 2.05) is 0 Å². The summed E-state index contributed by atoms with van der Waals surface area (Å²) in [5, 5.41) is 9.72. The maximum atomic E-state index is 12.7. The highest BCUT2D eigenvalue weighted by molar-refractivity contribution is 6.33. The van der Waals surface area contributed by atoms with Crippen molar-refractivity contribution in [2.24, 2.45) is 5.73 Å². The minimum atomic E-state index is -4.52. The Hall–Kier alpha value is -2.94. The van der Waals surface area contributed by atoms with Gasteiger partial charge in [0.1, 0.15) is 5.69 Å². The Morgan fingerprint density at radius 1 is 1.08 bits per heavy atom. The Morgan fingerprint density at radius 3 is 2.20 bits per heavy atom. The molecule has 10 heteroatoms. The molecule has 0 spiro atoms. The first-order valence-electron chi connectivity index (χ1n) is 6.81. The first-order chi connectivity index (χ1) is 11.8. The van der Waals surface area contributed by atoms with Gasteiger partial charge in [0.15, 0.2) is 5.69 Å². The summed E-state index contributed by atoms with van der Waals surface area (Å²) in [4.78, 5) is 15.1. The van der Waals surface area contributed by atoms with Gasteiger partial charge in [0.25, 0.3) is 5.91 Å². The number of primary amides is 1. The third-order valence-electron chi connectivity index (χ3n) is 3.38. The van der Waals surface area contributed by atoms with E-state index < -0.39 is 17.6 Å². The maximum absolute atomic E-state index is 12.7. The lowest BCUT2D eigenvalue weighted by atomic mass is 10.0. The van der Waals surface area contributed by atoms with Gasteiger partial charge in [0.2, 0.25) is 0 Å². The minimum Gasteiger partial charge on any atom is -0.364 e. The largest absolute Gasteiger partial charge is 0.417 e. The summed E-state index contributed by atoms with van der Waals surface area (Å²) >= 11 is 5.93. The van der Waals surface area contributed by atoms with Crippen LogP contribution in [-0.2, 0) is 6.18 Å². The highest BCUT2D eigenvalue weighted by atomic mass is 35.5. The number of nitrogens with zero attached hydrogens (tertiary/aromatic N) is 3. The van der Waals surface area contributed by atoms with Crippen LogP contribution in [0.1, 0.15) is 16.1 Å². The molecular weight excluding hydrogens is 359 g/mol. The van der Waals surface area contributed by atoms with E-state index in [2.05, 4.69) is 20.4 Å². The average molecular weight is 368 g/mol. The van der Waals surface area contributed by atoms with Crippen LogP contribution in [0.25, 0.3) is 22.5 Å². The number of amides is 1. The van der Waals surface area contributed by atoms with E-state index in [1.165, 1.54) is 0 Å². The molecule has 2 aromatic heterocycles. The van der Waals surface area contributed by atoms with Gasteiger partial charge in [0, 0.05) is 17.3 Å². The molecule has 25 heavy (non-hydrogen) atoms. The Labute approximate surface area is 143 Å². The second kappa shape index (κ2) is 6.17. The SMILES string of the molecule is NC(=O)c1n[nH]nc1-c1ccc(-c2ncc(C(F)(F)F)cc2Cl)cc1. The molecule has 0 aliphatic heterocycles. The summed E-state index contributed by atoms with van der Waals surface area (Å²) in [6, 6.07) is 7.22. The van der Waals surface area contributed by atoms with Gasteiger partial charge in [-0.05, 0) is 6.07 Å². The number of carbonyl (C=O) groups excluding carboxylic acids is 1. The molecule has 0 radical (unpaired) electrons. The molecule has 0 aliphatic carbocycles. The molecule has 1 amide bonds. The maximum Gasteiger partial charge on any atom is 0.417 e. The van der Waals surface area contributed by atoms with E-state index in [1.54, 1.807) is 24.3 Å². The molecule has 0 saturated heterocycles. The predicted octanol–water partition coefficient (Wildman–Crippen LogP) is 3.30. The van der Waals surface area contributed by atoms with Crippen molar-refractivity contribution in [3.05, 3.63) is 52.8 Å². The number of carbonyl (C=O) groups is 1. The molecular formula is C15H9ClF3N5O. The molecule has 3 rings (SSSR count). The summed E-state index contributed by atoms with van der Waals surface area (Å²) in [6.45, 7) is 0. The molecule has 3 N–H and O–H groups in total. The molecule has 0 unspecified atom stereocenters. The lowest BCUT2D eigenvalue weighted by molar-refractivity contribution is -0.137. The molecule has 2 heterocycles. The molecule has 0 saturated carbocycles. The van der Waals surface area contributed by atoms with E-state index in [0.717, 1.165) is 12.3 Å². The average Bonchev–Trinajstić information content (AvgIpc) is 3.04. The van der Waals surface area contributed by atoms with Gasteiger partial charge in [-0.1, -0.05) is 35.9 Å². The number of alkyl halides is 3. The third kappa shape index (κ3) is 3.31. The van der Waals surface area contributed by atoms with E-state index >= 15 is 0 Å². The van der Waals surface area contributed by atoms with Crippen LogP contribution in [0.2, 0.25) is 5.02 Å². The number of rotatable bonds is 3. The lowest BCUT2D eigenvalue weighted by Crippen LogP contribution is -2.12. The second-order valence-electron chi connectivity index (χ2n) is 5.01. The van der Waals surface area contributed by atoms with Crippen molar-refractivity contribution >= 4 is 17.5 Å². The van der Waals surface area contributed by atoms with Gasteiger partial charge < -0.3 is 5.73 Å². The molecule has 6 nitrogen and oxygen atoms in total. The molecule has 0 bridgehead atoms. The fourth-order valence-corrected chi connectivity index (χ4v) is 2.47. The zero-order chi connectivity index (χ0) is 18.2.